The van der Waals surface area contributed by atoms with E-state index in [0.717, 1.165) is 38.5 Å². The molecule has 6 heteroatoms. The molecule has 6 nitrogen and oxygen atoms in total. The molecule has 0 aliphatic carbocycles. The Kier molecular flexibility index (Phi) is 30.7. The molecular formula is C39H78NO5+. The molecule has 0 aliphatic heterocycles. The van der Waals surface area contributed by atoms with Crippen LogP contribution in [-0.4, -0.2) is 61.1 Å². The van der Waals surface area contributed by atoms with Crippen LogP contribution in [0.4, 0.5) is 0 Å². The molecule has 0 aromatic heterocycles. The maximum Gasteiger partial charge on any atom is 0.310 e. The summed E-state index contributed by atoms with van der Waals surface area (Å²) in [6.45, 7) is 6.86. The van der Waals surface area contributed by atoms with Gasteiger partial charge in [0.15, 0.2) is 0 Å². The van der Waals surface area contributed by atoms with Gasteiger partial charge in [0, 0.05) is 12.8 Å². The maximum absolute atomic E-state index is 12.8. The van der Waals surface area contributed by atoms with Crippen molar-refractivity contribution in [1.82, 2.24) is 0 Å². The Morgan fingerprint density at radius 2 is 0.778 bits per heavy atom. The molecule has 0 fully saturated rings. The molecule has 45 heavy (non-hydrogen) atoms. The van der Waals surface area contributed by atoms with Crippen LogP contribution in [0.5, 0.6) is 0 Å². The Labute approximate surface area is 280 Å². The van der Waals surface area contributed by atoms with E-state index in [-0.39, 0.29) is 18.5 Å². The second-order valence-electron chi connectivity index (χ2n) is 14.2. The number of carbonyl (C=O) groups excluding carboxylic acids is 2. The van der Waals surface area contributed by atoms with Crippen molar-refractivity contribution in [1.29, 1.82) is 0 Å². The minimum absolute atomic E-state index is 0.270. The van der Waals surface area contributed by atoms with E-state index in [1.165, 1.54) is 128 Å². The van der Waals surface area contributed by atoms with Gasteiger partial charge >= 0.3 is 11.9 Å². The lowest BCUT2D eigenvalue weighted by molar-refractivity contribution is -0.937. The Morgan fingerprint density at radius 1 is 0.489 bits per heavy atom. The summed E-state index contributed by atoms with van der Waals surface area (Å²) in [5.41, 5.74) is 0. The fourth-order valence-corrected chi connectivity index (χ4v) is 6.03. The van der Waals surface area contributed by atoms with Crippen LogP contribution in [0.25, 0.3) is 0 Å². The normalized spacial score (nSPS) is 13.1. The number of quaternary nitrogens is 1. The molecule has 0 aromatic rings. The molecule has 0 saturated carbocycles. The van der Waals surface area contributed by atoms with E-state index in [1.807, 2.05) is 21.0 Å². The largest absolute Gasteiger partial charge is 0.449 e. The van der Waals surface area contributed by atoms with E-state index in [2.05, 4.69) is 13.8 Å². The molecule has 0 radical (unpaired) electrons. The van der Waals surface area contributed by atoms with Crippen LogP contribution in [0, 0.1) is 0 Å². The number of carbonyl (C=O) groups is 2. The van der Waals surface area contributed by atoms with E-state index in [1.54, 1.807) is 0 Å². The number of nitrogens with zero attached hydrogens (tertiary/aromatic N) is 1. The fraction of sp³-hybridized carbons (Fsp3) is 0.949. The van der Waals surface area contributed by atoms with Gasteiger partial charge in [-0.15, -0.1) is 0 Å². The van der Waals surface area contributed by atoms with Crippen LogP contribution in [0.15, 0.2) is 0 Å². The van der Waals surface area contributed by atoms with E-state index < -0.39 is 12.3 Å². The molecular weight excluding hydrogens is 562 g/mol. The molecule has 2 atom stereocenters. The van der Waals surface area contributed by atoms with Gasteiger partial charge in [-0.1, -0.05) is 168 Å². The average molecular weight is 641 g/mol. The van der Waals surface area contributed by atoms with Gasteiger partial charge in [-0.2, -0.15) is 0 Å². The van der Waals surface area contributed by atoms with E-state index in [0.29, 0.717) is 23.9 Å². The predicted molar refractivity (Wildman–Crippen MR) is 190 cm³/mol. The summed E-state index contributed by atoms with van der Waals surface area (Å²) >= 11 is 0. The van der Waals surface area contributed by atoms with Crippen molar-refractivity contribution < 1.29 is 28.7 Å². The Balaban J connectivity index is 4.18. The molecule has 0 saturated heterocycles. The third kappa shape index (κ3) is 26.6. The van der Waals surface area contributed by atoms with E-state index >= 15 is 0 Å². The summed E-state index contributed by atoms with van der Waals surface area (Å²) in [7, 11) is 3.90. The number of rotatable bonds is 34. The van der Waals surface area contributed by atoms with Crippen molar-refractivity contribution in [2.45, 2.75) is 213 Å². The van der Waals surface area contributed by atoms with Crippen LogP contribution >= 0.6 is 0 Å². The molecule has 0 amide bonds. The molecule has 0 heterocycles. The molecule has 0 aliphatic rings. The summed E-state index contributed by atoms with van der Waals surface area (Å²) < 4.78 is 11.9. The van der Waals surface area contributed by atoms with Crippen molar-refractivity contribution >= 4 is 11.9 Å². The van der Waals surface area contributed by atoms with Crippen molar-refractivity contribution in [2.24, 2.45) is 0 Å². The zero-order chi connectivity index (χ0) is 33.4. The Morgan fingerprint density at radius 3 is 1.07 bits per heavy atom. The van der Waals surface area contributed by atoms with Crippen LogP contribution in [0.2, 0.25) is 0 Å². The highest BCUT2D eigenvalue weighted by atomic mass is 16.6. The number of esters is 2. The summed E-state index contributed by atoms with van der Waals surface area (Å²) in [6, 6.07) is 0. The van der Waals surface area contributed by atoms with Gasteiger partial charge in [0.05, 0.1) is 27.2 Å². The highest BCUT2D eigenvalue weighted by molar-refractivity contribution is 5.70. The lowest BCUT2D eigenvalue weighted by Gasteiger charge is -2.39. The van der Waals surface area contributed by atoms with Gasteiger partial charge in [-0.3, -0.25) is 14.1 Å². The van der Waals surface area contributed by atoms with Crippen LogP contribution in [0.3, 0.4) is 0 Å². The SMILES string of the molecule is CCCCCCCCCCCCCCCC(=O)OC(CO)C(OC(=O)CCCCCCCCCCCCCCC)[N+](C)(C)CC. The van der Waals surface area contributed by atoms with Crippen molar-refractivity contribution in [3.63, 3.8) is 0 Å². The highest BCUT2D eigenvalue weighted by Gasteiger charge is 2.40. The van der Waals surface area contributed by atoms with Crippen LogP contribution in [0.1, 0.15) is 201 Å². The van der Waals surface area contributed by atoms with Crippen LogP contribution < -0.4 is 0 Å². The first-order valence-corrected chi connectivity index (χ1v) is 19.6. The number of aliphatic hydroxyl groups is 1. The third-order valence-electron chi connectivity index (χ3n) is 9.51. The summed E-state index contributed by atoms with van der Waals surface area (Å²) in [4.78, 5) is 25.4. The molecule has 0 rings (SSSR count). The van der Waals surface area contributed by atoms with Gasteiger partial charge in [0.1, 0.15) is 0 Å². The van der Waals surface area contributed by atoms with Gasteiger partial charge in [0.2, 0.25) is 6.10 Å². The number of ether oxygens (including phenoxy) is 2. The number of unbranched alkanes of at least 4 members (excludes halogenated alkanes) is 24. The van der Waals surface area contributed by atoms with E-state index in [4.69, 9.17) is 9.47 Å². The maximum atomic E-state index is 12.8. The third-order valence-corrected chi connectivity index (χ3v) is 9.51. The topological polar surface area (TPSA) is 72.8 Å². The zero-order valence-electron chi connectivity index (χ0n) is 30.9. The van der Waals surface area contributed by atoms with Crippen LogP contribution in [-0.2, 0) is 19.1 Å². The second-order valence-corrected chi connectivity index (χ2v) is 14.2. The lowest BCUT2D eigenvalue weighted by Crippen LogP contribution is -2.58. The number of hydrogen-bond acceptors (Lipinski definition) is 5. The summed E-state index contributed by atoms with van der Waals surface area (Å²) in [6.07, 6.45) is 31.9. The fourth-order valence-electron chi connectivity index (χ4n) is 6.03. The molecule has 268 valence electrons. The van der Waals surface area contributed by atoms with Gasteiger partial charge in [-0.25, -0.2) is 0 Å². The molecule has 0 bridgehead atoms. The van der Waals surface area contributed by atoms with Crippen molar-refractivity contribution in [3.8, 4) is 0 Å². The summed E-state index contributed by atoms with van der Waals surface area (Å²) in [5, 5.41) is 10.1. The molecule has 2 unspecified atom stereocenters. The minimum atomic E-state index is -0.856. The van der Waals surface area contributed by atoms with Gasteiger partial charge < -0.3 is 14.6 Å². The van der Waals surface area contributed by atoms with Gasteiger partial charge in [0.25, 0.3) is 6.23 Å². The quantitative estimate of drug-likeness (QED) is 0.0328. The Hall–Kier alpha value is -1.14. The molecule has 0 aromatic carbocycles. The van der Waals surface area contributed by atoms with Crippen molar-refractivity contribution in [3.05, 3.63) is 0 Å². The number of likely N-dealkylation sites (N-methyl/N-ethyl adjacent to an activating group) is 1. The first-order chi connectivity index (χ1) is 21.8. The predicted octanol–water partition coefficient (Wildman–Crippen LogP) is 10.8. The Bertz CT molecular complexity index is 668. The number of hydrogen-bond donors (Lipinski definition) is 1. The number of aliphatic hydroxyl groups excluding tert-OH is 1. The first-order valence-electron chi connectivity index (χ1n) is 19.6. The smallest absolute Gasteiger partial charge is 0.310 e. The second kappa shape index (κ2) is 31.5. The summed E-state index contributed by atoms with van der Waals surface area (Å²) in [5.74, 6) is -0.584. The molecule has 0 spiro atoms. The first kappa shape index (κ1) is 43.9. The molecule has 1 N–H and O–H groups in total. The standard InChI is InChI=1S/C39H78NO5/c1-6-9-11-13-15-17-19-21-23-25-27-29-31-33-37(42)44-36(35-41)39(40(4,5)8-3)45-38(43)34-32-30-28-26-24-22-20-18-16-14-12-10-7-2/h36,39,41H,6-35H2,1-5H3/q+1. The van der Waals surface area contributed by atoms with Crippen molar-refractivity contribution in [2.75, 3.05) is 27.2 Å². The zero-order valence-corrected chi connectivity index (χ0v) is 30.9. The lowest BCUT2D eigenvalue weighted by atomic mass is 10.0. The monoisotopic (exact) mass is 641 g/mol. The highest BCUT2D eigenvalue weighted by Crippen LogP contribution is 2.19. The average Bonchev–Trinajstić information content (AvgIpc) is 3.03. The van der Waals surface area contributed by atoms with E-state index in [9.17, 15) is 14.7 Å². The van der Waals surface area contributed by atoms with Gasteiger partial charge in [-0.05, 0) is 19.8 Å². The minimum Gasteiger partial charge on any atom is -0.449 e.